The molecule has 0 radical (unpaired) electrons. The van der Waals surface area contributed by atoms with Crippen LogP contribution in [0.2, 0.25) is 0 Å². The van der Waals surface area contributed by atoms with Gasteiger partial charge in [0.2, 0.25) is 0 Å². The number of halogens is 3. The average molecular weight is 405 g/mol. The van der Waals surface area contributed by atoms with Crippen molar-refractivity contribution in [2.45, 2.75) is 33.6 Å². The zero-order chi connectivity index (χ0) is 18.1. The van der Waals surface area contributed by atoms with Crippen LogP contribution in [-0.4, -0.2) is 9.55 Å². The maximum Gasteiger partial charge on any atom is 0.143 e. The Bertz CT molecular complexity index is 912. The lowest BCUT2D eigenvalue weighted by atomic mass is 10.1. The molecule has 0 aliphatic carbocycles. The molecule has 3 aromatic rings. The van der Waals surface area contributed by atoms with Crippen LogP contribution in [0.25, 0.3) is 5.82 Å². The molecular formula is C20H19BrF2N2. The molecule has 2 aromatic heterocycles. The summed E-state index contributed by atoms with van der Waals surface area (Å²) in [4.78, 5) is 4.70. The van der Waals surface area contributed by atoms with Crippen molar-refractivity contribution in [1.29, 1.82) is 0 Å². The van der Waals surface area contributed by atoms with Crippen LogP contribution >= 0.6 is 15.9 Å². The number of pyridine rings is 1. The first-order valence-corrected chi connectivity index (χ1v) is 8.91. The molecule has 3 rings (SSSR count). The van der Waals surface area contributed by atoms with Crippen molar-refractivity contribution < 1.29 is 8.78 Å². The van der Waals surface area contributed by atoms with E-state index in [9.17, 15) is 8.78 Å². The minimum atomic E-state index is -0.537. The Morgan fingerprint density at radius 2 is 1.64 bits per heavy atom. The molecule has 0 saturated carbocycles. The van der Waals surface area contributed by atoms with E-state index in [4.69, 9.17) is 4.98 Å². The second kappa shape index (κ2) is 7.08. The van der Waals surface area contributed by atoms with Gasteiger partial charge < -0.3 is 4.57 Å². The lowest BCUT2D eigenvalue weighted by molar-refractivity contribution is 0.549. The monoisotopic (exact) mass is 404 g/mol. The van der Waals surface area contributed by atoms with Crippen molar-refractivity contribution in [2.75, 3.05) is 0 Å². The fourth-order valence-corrected chi connectivity index (χ4v) is 3.42. The van der Waals surface area contributed by atoms with E-state index in [0.717, 1.165) is 28.5 Å². The maximum atomic E-state index is 14.1. The molecule has 0 saturated heterocycles. The number of hydrogen-bond donors (Lipinski definition) is 0. The standard InChI is InChI=1S/C20H19BrF2N2/c1-12-10-15(6-7-16-18(22)9-8-17(21)20(16)23)24-19(11-12)25-13(2)4-5-14(25)3/h4-5,8-11H,6-7H2,1-3H3. The van der Waals surface area contributed by atoms with Crippen molar-refractivity contribution in [1.82, 2.24) is 9.55 Å². The summed E-state index contributed by atoms with van der Waals surface area (Å²) >= 11 is 3.11. The van der Waals surface area contributed by atoms with Gasteiger partial charge in [0.15, 0.2) is 0 Å². The zero-order valence-electron chi connectivity index (χ0n) is 14.4. The van der Waals surface area contributed by atoms with Crippen molar-refractivity contribution in [3.05, 3.63) is 80.7 Å². The molecule has 2 heterocycles. The number of nitrogens with zero attached hydrogens (tertiary/aromatic N) is 2. The molecular weight excluding hydrogens is 386 g/mol. The van der Waals surface area contributed by atoms with Crippen LogP contribution in [0.3, 0.4) is 0 Å². The fourth-order valence-electron chi connectivity index (χ4n) is 3.04. The van der Waals surface area contributed by atoms with Crippen LogP contribution in [0.15, 0.2) is 40.9 Å². The Kier molecular flexibility index (Phi) is 5.04. The van der Waals surface area contributed by atoms with Crippen LogP contribution in [0.5, 0.6) is 0 Å². The molecule has 0 fully saturated rings. The summed E-state index contributed by atoms with van der Waals surface area (Å²) in [6.45, 7) is 6.06. The molecule has 2 nitrogen and oxygen atoms in total. The highest BCUT2D eigenvalue weighted by Gasteiger charge is 2.13. The number of aromatic nitrogens is 2. The van der Waals surface area contributed by atoms with Crippen LogP contribution in [0, 0.1) is 32.4 Å². The van der Waals surface area contributed by atoms with Crippen molar-refractivity contribution in [2.24, 2.45) is 0 Å². The van der Waals surface area contributed by atoms with Gasteiger partial charge in [-0.2, -0.15) is 0 Å². The zero-order valence-corrected chi connectivity index (χ0v) is 16.0. The number of aryl methyl sites for hydroxylation is 4. The van der Waals surface area contributed by atoms with E-state index >= 15 is 0 Å². The molecule has 5 heteroatoms. The molecule has 1 aromatic carbocycles. The quantitative estimate of drug-likeness (QED) is 0.515. The third-order valence-corrected chi connectivity index (χ3v) is 4.89. The molecule has 0 amide bonds. The maximum absolute atomic E-state index is 14.1. The molecule has 0 bridgehead atoms. The van der Waals surface area contributed by atoms with Gasteiger partial charge in [0.1, 0.15) is 17.5 Å². The van der Waals surface area contributed by atoms with E-state index in [0.29, 0.717) is 6.42 Å². The van der Waals surface area contributed by atoms with Gasteiger partial charge in [0.05, 0.1) is 4.47 Å². The molecule has 130 valence electrons. The summed E-state index contributed by atoms with van der Waals surface area (Å²) < 4.78 is 30.4. The second-order valence-corrected chi connectivity index (χ2v) is 7.12. The van der Waals surface area contributed by atoms with Gasteiger partial charge in [-0.1, -0.05) is 0 Å². The smallest absolute Gasteiger partial charge is 0.143 e. The molecule has 0 spiro atoms. The molecule has 0 N–H and O–H groups in total. The summed E-state index contributed by atoms with van der Waals surface area (Å²) in [7, 11) is 0. The van der Waals surface area contributed by atoms with Crippen LogP contribution in [-0.2, 0) is 12.8 Å². The van der Waals surface area contributed by atoms with E-state index in [1.54, 1.807) is 0 Å². The van der Waals surface area contributed by atoms with E-state index in [1.165, 1.54) is 12.1 Å². The normalized spacial score (nSPS) is 11.1. The lowest BCUT2D eigenvalue weighted by Gasteiger charge is -2.12. The first-order valence-electron chi connectivity index (χ1n) is 8.12. The van der Waals surface area contributed by atoms with Gasteiger partial charge in [-0.15, -0.1) is 0 Å². The number of rotatable bonds is 4. The highest BCUT2D eigenvalue weighted by molar-refractivity contribution is 9.10. The van der Waals surface area contributed by atoms with Gasteiger partial charge in [-0.05, 0) is 91.5 Å². The third kappa shape index (κ3) is 3.66. The Hall–Kier alpha value is -2.01. The van der Waals surface area contributed by atoms with Crippen molar-refractivity contribution in [3.8, 4) is 5.82 Å². The number of hydrogen-bond acceptors (Lipinski definition) is 1. The van der Waals surface area contributed by atoms with Crippen molar-refractivity contribution >= 4 is 15.9 Å². The summed E-state index contributed by atoms with van der Waals surface area (Å²) in [5.41, 5.74) is 4.19. The van der Waals surface area contributed by atoms with E-state index < -0.39 is 11.6 Å². The molecule has 0 atom stereocenters. The Balaban J connectivity index is 1.91. The highest BCUT2D eigenvalue weighted by Crippen LogP contribution is 2.23. The topological polar surface area (TPSA) is 17.8 Å². The summed E-state index contributed by atoms with van der Waals surface area (Å²) in [6, 6.07) is 10.7. The van der Waals surface area contributed by atoms with Crippen molar-refractivity contribution in [3.63, 3.8) is 0 Å². The lowest BCUT2D eigenvalue weighted by Crippen LogP contribution is -2.06. The van der Waals surface area contributed by atoms with Gasteiger partial charge in [-0.3, -0.25) is 0 Å². The largest absolute Gasteiger partial charge is 0.303 e. The van der Waals surface area contributed by atoms with E-state index in [-0.39, 0.29) is 16.5 Å². The molecule has 0 unspecified atom stereocenters. The van der Waals surface area contributed by atoms with Crippen LogP contribution in [0.1, 0.15) is 28.2 Å². The number of benzene rings is 1. The highest BCUT2D eigenvalue weighted by atomic mass is 79.9. The second-order valence-electron chi connectivity index (χ2n) is 6.27. The third-order valence-electron chi connectivity index (χ3n) is 4.28. The van der Waals surface area contributed by atoms with Gasteiger partial charge >= 0.3 is 0 Å². The van der Waals surface area contributed by atoms with Gasteiger partial charge in [0, 0.05) is 22.6 Å². The molecule has 0 aliphatic heterocycles. The minimum Gasteiger partial charge on any atom is -0.303 e. The van der Waals surface area contributed by atoms with E-state index in [2.05, 4.69) is 20.5 Å². The predicted octanol–water partition coefficient (Wildman–Crippen LogP) is 5.62. The summed E-state index contributed by atoms with van der Waals surface area (Å²) in [5, 5.41) is 0. The van der Waals surface area contributed by atoms with Crippen LogP contribution < -0.4 is 0 Å². The van der Waals surface area contributed by atoms with Gasteiger partial charge in [0.25, 0.3) is 0 Å². The van der Waals surface area contributed by atoms with E-state index in [1.807, 2.05) is 45.0 Å². The summed E-state index contributed by atoms with van der Waals surface area (Å²) in [5.74, 6) is -0.221. The first kappa shape index (κ1) is 17.8. The summed E-state index contributed by atoms with van der Waals surface area (Å²) in [6.07, 6.45) is 0.731. The average Bonchev–Trinajstić information content (AvgIpc) is 2.89. The Labute approximate surface area is 154 Å². The first-order chi connectivity index (χ1) is 11.9. The predicted molar refractivity (Wildman–Crippen MR) is 99.2 cm³/mol. The SMILES string of the molecule is Cc1cc(CCc2c(F)ccc(Br)c2F)nc(-n2c(C)ccc2C)c1. The minimum absolute atomic E-state index is 0.0903. The Morgan fingerprint density at radius 3 is 2.32 bits per heavy atom. The fraction of sp³-hybridized carbons (Fsp3) is 0.250. The molecule has 25 heavy (non-hydrogen) atoms. The molecule has 0 aliphatic rings. The van der Waals surface area contributed by atoms with Crippen LogP contribution in [0.4, 0.5) is 8.78 Å². The Morgan fingerprint density at radius 1 is 0.960 bits per heavy atom. The van der Waals surface area contributed by atoms with Gasteiger partial charge in [-0.25, -0.2) is 13.8 Å².